The van der Waals surface area contributed by atoms with Gasteiger partial charge in [-0.3, -0.25) is 11.3 Å². The monoisotopic (exact) mass is 203 g/mol. The van der Waals surface area contributed by atoms with Gasteiger partial charge in [0.25, 0.3) is 0 Å². The first-order valence-electron chi connectivity index (χ1n) is 4.86. The molecule has 3 heteroatoms. The first-order chi connectivity index (χ1) is 7.19. The Balaban J connectivity index is 2.93. The Morgan fingerprint density at radius 3 is 2.80 bits per heavy atom. The van der Waals surface area contributed by atoms with Crippen LogP contribution in [-0.4, -0.2) is 14.1 Å². The Morgan fingerprint density at radius 2 is 2.27 bits per heavy atom. The molecule has 1 aromatic carbocycles. The lowest BCUT2D eigenvalue weighted by atomic mass is 10.0. The van der Waals surface area contributed by atoms with E-state index in [0.29, 0.717) is 6.42 Å². The molecule has 0 radical (unpaired) electrons. The van der Waals surface area contributed by atoms with Crippen LogP contribution >= 0.6 is 0 Å². The second-order valence-electron chi connectivity index (χ2n) is 3.62. The van der Waals surface area contributed by atoms with E-state index >= 15 is 0 Å². The first kappa shape index (κ1) is 11.6. The minimum Gasteiger partial charge on any atom is -0.378 e. The van der Waals surface area contributed by atoms with E-state index in [1.165, 1.54) is 0 Å². The zero-order valence-corrected chi connectivity index (χ0v) is 9.20. The molecule has 0 aliphatic rings. The number of nitrogens with two attached hydrogens (primary N) is 1. The van der Waals surface area contributed by atoms with Crippen molar-refractivity contribution in [3.05, 3.63) is 29.8 Å². The van der Waals surface area contributed by atoms with E-state index in [4.69, 9.17) is 12.3 Å². The molecule has 1 rings (SSSR count). The van der Waals surface area contributed by atoms with E-state index in [9.17, 15) is 0 Å². The van der Waals surface area contributed by atoms with Gasteiger partial charge in [-0.2, -0.15) is 0 Å². The maximum atomic E-state index is 5.46. The molecule has 0 saturated carbocycles. The summed E-state index contributed by atoms with van der Waals surface area (Å²) in [6.45, 7) is 0. The lowest BCUT2D eigenvalue weighted by Gasteiger charge is -2.17. The molecule has 15 heavy (non-hydrogen) atoms. The quantitative estimate of drug-likeness (QED) is 0.440. The summed E-state index contributed by atoms with van der Waals surface area (Å²) in [5.74, 6) is 8.07. The van der Waals surface area contributed by atoms with Crippen LogP contribution < -0.4 is 16.2 Å². The van der Waals surface area contributed by atoms with Gasteiger partial charge in [0.05, 0.1) is 6.04 Å². The molecule has 80 valence electrons. The van der Waals surface area contributed by atoms with Gasteiger partial charge < -0.3 is 4.90 Å². The second-order valence-corrected chi connectivity index (χ2v) is 3.62. The van der Waals surface area contributed by atoms with Crippen molar-refractivity contribution in [1.82, 2.24) is 5.43 Å². The fraction of sp³-hybridized carbons (Fsp3) is 0.333. The Kier molecular flexibility index (Phi) is 4.17. The highest BCUT2D eigenvalue weighted by molar-refractivity contribution is 5.47. The Morgan fingerprint density at radius 1 is 1.53 bits per heavy atom. The van der Waals surface area contributed by atoms with Crippen LogP contribution in [0.4, 0.5) is 5.69 Å². The Hall–Kier alpha value is -1.50. The minimum atomic E-state index is 0.0231. The van der Waals surface area contributed by atoms with Crippen molar-refractivity contribution < 1.29 is 0 Å². The molecule has 0 heterocycles. The summed E-state index contributed by atoms with van der Waals surface area (Å²) >= 11 is 0. The summed E-state index contributed by atoms with van der Waals surface area (Å²) in [6.07, 6.45) is 5.87. The third-order valence-corrected chi connectivity index (χ3v) is 2.31. The zero-order valence-electron chi connectivity index (χ0n) is 9.20. The fourth-order valence-electron chi connectivity index (χ4n) is 1.41. The lowest BCUT2D eigenvalue weighted by Crippen LogP contribution is -2.27. The van der Waals surface area contributed by atoms with Gasteiger partial charge >= 0.3 is 0 Å². The van der Waals surface area contributed by atoms with Gasteiger partial charge in [-0.05, 0) is 17.7 Å². The molecule has 0 saturated heterocycles. The number of anilines is 1. The summed E-state index contributed by atoms with van der Waals surface area (Å²) < 4.78 is 0. The molecule has 0 bridgehead atoms. The topological polar surface area (TPSA) is 41.3 Å². The number of hydrogen-bond donors (Lipinski definition) is 2. The lowest BCUT2D eigenvalue weighted by molar-refractivity contribution is 0.568. The van der Waals surface area contributed by atoms with Gasteiger partial charge in [-0.15, -0.1) is 12.3 Å². The predicted octanol–water partition coefficient (Wildman–Crippen LogP) is 1.28. The average Bonchev–Trinajstić information content (AvgIpc) is 2.26. The normalized spacial score (nSPS) is 11.9. The molecule has 1 atom stereocenters. The summed E-state index contributed by atoms with van der Waals surface area (Å²) in [5.41, 5.74) is 4.98. The zero-order chi connectivity index (χ0) is 11.3. The molecular formula is C12H17N3. The van der Waals surface area contributed by atoms with Crippen LogP contribution in [0.2, 0.25) is 0 Å². The fourth-order valence-corrected chi connectivity index (χ4v) is 1.41. The van der Waals surface area contributed by atoms with E-state index in [1.54, 1.807) is 0 Å². The molecule has 1 aromatic rings. The van der Waals surface area contributed by atoms with Crippen molar-refractivity contribution in [2.24, 2.45) is 5.84 Å². The first-order valence-corrected chi connectivity index (χ1v) is 4.86. The molecular weight excluding hydrogens is 186 g/mol. The van der Waals surface area contributed by atoms with Crippen LogP contribution in [0.5, 0.6) is 0 Å². The van der Waals surface area contributed by atoms with Gasteiger partial charge in [0.15, 0.2) is 0 Å². The van der Waals surface area contributed by atoms with E-state index in [1.807, 2.05) is 37.2 Å². The van der Waals surface area contributed by atoms with Crippen molar-refractivity contribution in [3.63, 3.8) is 0 Å². The van der Waals surface area contributed by atoms with Crippen LogP contribution in [-0.2, 0) is 0 Å². The van der Waals surface area contributed by atoms with Gasteiger partial charge in [-0.25, -0.2) is 0 Å². The van der Waals surface area contributed by atoms with E-state index in [0.717, 1.165) is 11.3 Å². The highest BCUT2D eigenvalue weighted by Gasteiger charge is 2.08. The van der Waals surface area contributed by atoms with Crippen LogP contribution in [0.25, 0.3) is 0 Å². The van der Waals surface area contributed by atoms with Gasteiger partial charge in [0, 0.05) is 26.2 Å². The second kappa shape index (κ2) is 5.40. The third kappa shape index (κ3) is 2.98. The molecule has 0 aliphatic carbocycles. The number of nitrogens with one attached hydrogen (secondary N) is 1. The third-order valence-electron chi connectivity index (χ3n) is 2.31. The molecule has 0 aromatic heterocycles. The van der Waals surface area contributed by atoms with Crippen LogP contribution in [0.3, 0.4) is 0 Å². The minimum absolute atomic E-state index is 0.0231. The molecule has 1 unspecified atom stereocenters. The Bertz CT molecular complexity index is 352. The summed E-state index contributed by atoms with van der Waals surface area (Å²) in [5, 5.41) is 0. The van der Waals surface area contributed by atoms with Gasteiger partial charge in [0.2, 0.25) is 0 Å². The smallest absolute Gasteiger partial charge is 0.0569 e. The van der Waals surface area contributed by atoms with Crippen molar-refractivity contribution in [1.29, 1.82) is 0 Å². The number of terminal acetylenes is 1. The molecule has 0 aliphatic heterocycles. The van der Waals surface area contributed by atoms with Crippen LogP contribution in [0.1, 0.15) is 18.0 Å². The maximum Gasteiger partial charge on any atom is 0.0569 e. The van der Waals surface area contributed by atoms with E-state index in [2.05, 4.69) is 17.4 Å². The number of hydrogen-bond acceptors (Lipinski definition) is 3. The highest BCUT2D eigenvalue weighted by Crippen LogP contribution is 2.20. The van der Waals surface area contributed by atoms with Crippen molar-refractivity contribution in [2.75, 3.05) is 19.0 Å². The van der Waals surface area contributed by atoms with E-state index in [-0.39, 0.29) is 6.04 Å². The number of benzene rings is 1. The molecule has 3 nitrogen and oxygen atoms in total. The molecule has 3 N–H and O–H groups in total. The summed E-state index contributed by atoms with van der Waals surface area (Å²) in [6, 6.07) is 8.18. The van der Waals surface area contributed by atoms with Gasteiger partial charge in [-0.1, -0.05) is 12.1 Å². The molecule has 0 fully saturated rings. The highest BCUT2D eigenvalue weighted by atomic mass is 15.2. The SMILES string of the molecule is C#CCC(NN)c1cccc(N(C)C)c1. The van der Waals surface area contributed by atoms with E-state index < -0.39 is 0 Å². The summed E-state index contributed by atoms with van der Waals surface area (Å²) in [7, 11) is 4.01. The van der Waals surface area contributed by atoms with Crippen molar-refractivity contribution in [2.45, 2.75) is 12.5 Å². The molecule has 0 amide bonds. The number of nitrogens with zero attached hydrogens (tertiary/aromatic N) is 1. The summed E-state index contributed by atoms with van der Waals surface area (Å²) in [4.78, 5) is 2.05. The van der Waals surface area contributed by atoms with Crippen molar-refractivity contribution in [3.8, 4) is 12.3 Å². The number of hydrazine groups is 1. The van der Waals surface area contributed by atoms with Gasteiger partial charge in [0.1, 0.15) is 0 Å². The largest absolute Gasteiger partial charge is 0.378 e. The average molecular weight is 203 g/mol. The Labute approximate surface area is 91.2 Å². The van der Waals surface area contributed by atoms with Crippen LogP contribution in [0, 0.1) is 12.3 Å². The molecule has 0 spiro atoms. The predicted molar refractivity (Wildman–Crippen MR) is 64.3 cm³/mol. The van der Waals surface area contributed by atoms with Crippen LogP contribution in [0.15, 0.2) is 24.3 Å². The number of rotatable bonds is 4. The van der Waals surface area contributed by atoms with Crippen molar-refractivity contribution >= 4 is 5.69 Å². The maximum absolute atomic E-state index is 5.46. The standard InChI is InChI=1S/C12H17N3/c1-4-6-12(14-13)10-7-5-8-11(9-10)15(2)3/h1,5,7-9,12,14H,6,13H2,2-3H3.